The van der Waals surface area contributed by atoms with Crippen molar-refractivity contribution in [3.63, 3.8) is 0 Å². The molecule has 0 aliphatic heterocycles. The van der Waals surface area contributed by atoms with Crippen LogP contribution in [0.4, 0.5) is 28.4 Å². The van der Waals surface area contributed by atoms with Gasteiger partial charge in [0.05, 0.1) is 35.2 Å². The van der Waals surface area contributed by atoms with Gasteiger partial charge in [0, 0.05) is 28.4 Å². The van der Waals surface area contributed by atoms with Gasteiger partial charge in [-0.1, -0.05) is 170 Å². The highest BCUT2D eigenvalue weighted by Crippen LogP contribution is 2.54. The van der Waals surface area contributed by atoms with Crippen LogP contribution >= 0.6 is 0 Å². The van der Waals surface area contributed by atoms with Gasteiger partial charge < -0.3 is 9.80 Å². The van der Waals surface area contributed by atoms with E-state index in [1.54, 1.807) is 0 Å². The number of anilines is 4. The zero-order chi connectivity index (χ0) is 52.2. The predicted octanol–water partition coefficient (Wildman–Crippen LogP) is 18.7. The molecule has 0 heterocycles. The molecule has 0 spiro atoms. The summed E-state index contributed by atoms with van der Waals surface area (Å²) in [6.45, 7) is 21.7. The number of allylic oxidation sites excluding steroid dienone is 10. The van der Waals surface area contributed by atoms with Gasteiger partial charge in [-0.25, -0.2) is 4.85 Å². The molecule has 0 N–H and O–H groups in total. The van der Waals surface area contributed by atoms with Crippen LogP contribution in [0.25, 0.3) is 49.4 Å². The summed E-state index contributed by atoms with van der Waals surface area (Å²) in [5.74, 6) is -0.109. The molecule has 12 rings (SSSR count). The average Bonchev–Trinajstić information content (AvgIpc) is 3.46. The lowest BCUT2D eigenvalue weighted by atomic mass is 9.67. The largest absolute Gasteiger partial charge is 0.329 e. The number of benzene rings is 8. The molecule has 2 atom stereocenters. The summed E-state index contributed by atoms with van der Waals surface area (Å²) in [6, 6.07) is 62.4. The molecule has 8 aromatic rings. The van der Waals surface area contributed by atoms with Crippen molar-refractivity contribution in [1.82, 2.24) is 0 Å². The van der Waals surface area contributed by atoms with Gasteiger partial charge >= 0.3 is 0 Å². The van der Waals surface area contributed by atoms with E-state index in [9.17, 15) is 5.26 Å². The first-order chi connectivity index (χ1) is 37.1. The number of aryl methyl sites for hydroxylation is 3. The Kier molecular flexibility index (Phi) is 12.1. The Hall–Kier alpha value is -9.48. The number of hydrogen-bond donors (Lipinski definition) is 0. The Bertz CT molecular complexity index is 4040. The molecular weight excluding hydrogens is 921 g/mol. The first-order valence-corrected chi connectivity index (χ1v) is 26.2. The van der Waals surface area contributed by atoms with E-state index >= 15 is 0 Å². The maximum absolute atomic E-state index is 10.9. The molecule has 0 bridgehead atoms. The molecule has 0 amide bonds. The van der Waals surface area contributed by atoms with Crippen LogP contribution < -0.4 is 9.80 Å². The summed E-state index contributed by atoms with van der Waals surface area (Å²) < 4.78 is 0. The lowest BCUT2D eigenvalue weighted by Crippen LogP contribution is -2.38. The lowest BCUT2D eigenvalue weighted by molar-refractivity contribution is 0.773. The van der Waals surface area contributed by atoms with E-state index in [2.05, 4.69) is 244 Å². The van der Waals surface area contributed by atoms with Crippen LogP contribution in [-0.4, -0.2) is 6.04 Å². The van der Waals surface area contributed by atoms with E-state index in [1.807, 2.05) is 36.4 Å². The van der Waals surface area contributed by atoms with Gasteiger partial charge in [-0.05, 0) is 185 Å². The summed E-state index contributed by atoms with van der Waals surface area (Å²) in [7, 11) is 0. The van der Waals surface area contributed by atoms with Crippen molar-refractivity contribution < 1.29 is 0 Å². The smallest absolute Gasteiger partial charge is 0.210 e. The van der Waals surface area contributed by atoms with Crippen molar-refractivity contribution >= 4 is 28.4 Å². The second-order valence-corrected chi connectivity index (χ2v) is 20.4. The minimum Gasteiger partial charge on any atom is -0.329 e. The van der Waals surface area contributed by atoms with Gasteiger partial charge in [-0.2, -0.15) is 5.26 Å². The molecule has 4 aliphatic rings. The maximum Gasteiger partial charge on any atom is 0.210 e. The number of nitriles is 1. The highest BCUT2D eigenvalue weighted by atomic mass is 15.2. The minimum absolute atomic E-state index is 0.109. The molecule has 0 aromatic heterocycles. The maximum atomic E-state index is 10.9. The molecular formula is C72H56N4. The fourth-order valence-corrected chi connectivity index (χ4v) is 11.9. The first kappa shape index (κ1) is 47.5. The van der Waals surface area contributed by atoms with Crippen LogP contribution in [0, 0.1) is 65.4 Å². The predicted molar refractivity (Wildman–Crippen MR) is 316 cm³/mol. The molecule has 0 saturated heterocycles. The molecule has 0 fully saturated rings. The van der Waals surface area contributed by atoms with Gasteiger partial charge in [0.15, 0.2) is 0 Å². The van der Waals surface area contributed by atoms with Crippen LogP contribution in [0.3, 0.4) is 0 Å². The van der Waals surface area contributed by atoms with Gasteiger partial charge in [0.25, 0.3) is 0 Å². The third-order valence-electron chi connectivity index (χ3n) is 16.3. The number of nitrogens with zero attached hydrogens (tertiary/aromatic N) is 4. The van der Waals surface area contributed by atoms with E-state index in [1.165, 1.54) is 66.8 Å². The monoisotopic (exact) mass is 976 g/mol. The van der Waals surface area contributed by atoms with Gasteiger partial charge in [-0.15, -0.1) is 0 Å². The number of para-hydroxylation sites is 3. The molecule has 76 heavy (non-hydrogen) atoms. The van der Waals surface area contributed by atoms with Gasteiger partial charge in [-0.3, -0.25) is 0 Å². The second kappa shape index (κ2) is 19.4. The fourth-order valence-electron chi connectivity index (χ4n) is 11.9. The quantitative estimate of drug-likeness (QED) is 0.128. The Morgan fingerprint density at radius 1 is 0.487 bits per heavy atom. The molecule has 2 unspecified atom stereocenters. The Labute approximate surface area is 447 Å². The van der Waals surface area contributed by atoms with Crippen molar-refractivity contribution in [3.8, 4) is 50.6 Å². The van der Waals surface area contributed by atoms with Crippen molar-refractivity contribution in [2.45, 2.75) is 47.6 Å². The topological polar surface area (TPSA) is 34.6 Å². The third kappa shape index (κ3) is 7.99. The Morgan fingerprint density at radius 3 is 1.78 bits per heavy atom. The Morgan fingerprint density at radius 2 is 1.09 bits per heavy atom. The highest BCUT2D eigenvalue weighted by Gasteiger charge is 2.41. The van der Waals surface area contributed by atoms with Crippen molar-refractivity contribution in [1.29, 1.82) is 5.26 Å². The second-order valence-electron chi connectivity index (χ2n) is 20.4. The number of rotatable bonds is 10. The van der Waals surface area contributed by atoms with Gasteiger partial charge in [0.2, 0.25) is 5.69 Å². The van der Waals surface area contributed by atoms with E-state index < -0.39 is 0 Å². The zero-order valence-electron chi connectivity index (χ0n) is 43.7. The standard InChI is InChI=1S/C72H56N4/c1-45-18-15-24-57(48(45)4)54-34-40-68(62(42-54)51-21-9-8-10-22-51)75(65-28-13-11-23-56(65)44-73)66-38-32-52-31-37-61-67(39-33-53-30-36-60(66)71(52)72(53)61)76(70-29-14-12-27-64(70)74-7)69-41-35-55(58-25-16-19-46(2)49(58)5)43-63(69)59-26-17-20-47(3)50(59)6/h8-43,66,72H,1-6H3. The summed E-state index contributed by atoms with van der Waals surface area (Å²) in [4.78, 5) is 8.92. The molecule has 4 nitrogen and oxygen atoms in total. The van der Waals surface area contributed by atoms with E-state index in [4.69, 9.17) is 6.57 Å². The normalized spacial score (nSPS) is 15.9. The van der Waals surface area contributed by atoms with E-state index in [0.29, 0.717) is 11.3 Å². The molecule has 4 aliphatic carbocycles. The van der Waals surface area contributed by atoms with Gasteiger partial charge in [0.1, 0.15) is 6.07 Å². The van der Waals surface area contributed by atoms with Crippen LogP contribution in [0.1, 0.15) is 38.9 Å². The molecule has 364 valence electrons. The van der Waals surface area contributed by atoms with E-state index in [-0.39, 0.29) is 12.0 Å². The summed E-state index contributed by atoms with van der Waals surface area (Å²) in [5.41, 5.74) is 28.4. The SMILES string of the molecule is [C-]#[N+]c1ccccc1N(C1=C2C=CC3=C4C(=CC=C(C=C1)C24)C(N(c1ccccc1C#N)c1ccc(-c2cccc(C)c2C)cc1-c1ccccc1)C=C3)c1ccc(-c2cccc(C)c2C)cc1-c1cccc(C)c1C. The molecule has 0 radical (unpaired) electrons. The summed E-state index contributed by atoms with van der Waals surface area (Å²) in [6.07, 6.45) is 18.3. The summed E-state index contributed by atoms with van der Waals surface area (Å²) in [5, 5.41) is 10.9. The zero-order valence-corrected chi connectivity index (χ0v) is 43.7. The van der Waals surface area contributed by atoms with Crippen LogP contribution in [0.5, 0.6) is 0 Å². The molecule has 4 heteroatoms. The fraction of sp³-hybridized carbons (Fsp3) is 0.111. The minimum atomic E-state index is -0.283. The van der Waals surface area contributed by atoms with Crippen molar-refractivity contribution in [2.75, 3.05) is 9.80 Å². The lowest BCUT2D eigenvalue weighted by Gasteiger charge is -2.44. The number of hydrogen-bond acceptors (Lipinski definition) is 3. The van der Waals surface area contributed by atoms with Crippen molar-refractivity contribution in [2.24, 2.45) is 5.92 Å². The first-order valence-electron chi connectivity index (χ1n) is 26.2. The third-order valence-corrected chi connectivity index (χ3v) is 16.3. The molecule has 0 saturated carbocycles. The summed E-state index contributed by atoms with van der Waals surface area (Å²) >= 11 is 0. The Balaban J connectivity index is 1.05. The highest BCUT2D eigenvalue weighted by molar-refractivity contribution is 5.94. The average molecular weight is 977 g/mol. The van der Waals surface area contributed by atoms with Crippen LogP contribution in [0.2, 0.25) is 0 Å². The van der Waals surface area contributed by atoms with E-state index in [0.717, 1.165) is 67.4 Å². The van der Waals surface area contributed by atoms with Crippen molar-refractivity contribution in [3.05, 3.63) is 302 Å². The molecule has 8 aromatic carbocycles. The van der Waals surface area contributed by atoms with Crippen LogP contribution in [0.15, 0.2) is 252 Å². The van der Waals surface area contributed by atoms with Crippen LogP contribution in [-0.2, 0) is 0 Å².